The van der Waals surface area contributed by atoms with Gasteiger partial charge in [0.2, 0.25) is 10.0 Å². The first-order valence-electron chi connectivity index (χ1n) is 8.85. The molecule has 1 aromatic carbocycles. The van der Waals surface area contributed by atoms with Gasteiger partial charge >= 0.3 is 6.18 Å². The lowest BCUT2D eigenvalue weighted by Crippen LogP contribution is -2.49. The first-order valence-corrected chi connectivity index (χ1v) is 10.3. The third-order valence-electron chi connectivity index (χ3n) is 4.80. The molecule has 154 valence electrons. The van der Waals surface area contributed by atoms with E-state index in [2.05, 4.69) is 11.1 Å². The van der Waals surface area contributed by atoms with Crippen LogP contribution in [0.4, 0.5) is 18.9 Å². The highest BCUT2D eigenvalue weighted by Crippen LogP contribution is 2.32. The van der Waals surface area contributed by atoms with Crippen molar-refractivity contribution in [1.29, 1.82) is 5.26 Å². The van der Waals surface area contributed by atoms with E-state index in [1.165, 1.54) is 10.4 Å². The largest absolute Gasteiger partial charge is 0.416 e. The Hall–Kier alpha value is -2.64. The van der Waals surface area contributed by atoms with Gasteiger partial charge in [-0.1, -0.05) is 6.07 Å². The molecule has 6 nitrogen and oxygen atoms in total. The molecule has 0 N–H and O–H groups in total. The second-order valence-corrected chi connectivity index (χ2v) is 8.71. The molecule has 1 aliphatic rings. The average molecular weight is 424 g/mol. The highest BCUT2D eigenvalue weighted by Gasteiger charge is 2.34. The van der Waals surface area contributed by atoms with E-state index in [1.54, 1.807) is 13.0 Å². The Kier molecular flexibility index (Phi) is 5.56. The van der Waals surface area contributed by atoms with Crippen LogP contribution in [-0.2, 0) is 16.2 Å². The van der Waals surface area contributed by atoms with Crippen LogP contribution in [0.15, 0.2) is 35.2 Å². The molecule has 3 rings (SSSR count). The summed E-state index contributed by atoms with van der Waals surface area (Å²) in [5.74, 6) is 0. The summed E-state index contributed by atoms with van der Waals surface area (Å²) in [6.07, 6.45) is -4.62. The van der Waals surface area contributed by atoms with Crippen LogP contribution in [0.1, 0.15) is 22.5 Å². The van der Waals surface area contributed by atoms with Crippen molar-refractivity contribution < 1.29 is 21.6 Å². The molecule has 0 spiro atoms. The van der Waals surface area contributed by atoms with E-state index in [0.717, 1.165) is 17.8 Å². The fourth-order valence-electron chi connectivity index (χ4n) is 3.35. The van der Waals surface area contributed by atoms with Crippen LogP contribution in [0, 0.1) is 25.2 Å². The Bertz CT molecular complexity index is 1070. The normalized spacial score (nSPS) is 15.9. The molecule has 0 aliphatic carbocycles. The Morgan fingerprint density at radius 3 is 2.34 bits per heavy atom. The molecule has 10 heteroatoms. The molecule has 0 atom stereocenters. The SMILES string of the molecule is Cc1cc(N2CCN(S(=O)(=O)c3cccc(C(F)(F)F)c3)CC2)c(C#N)c(C)n1. The number of hydrogen-bond acceptors (Lipinski definition) is 5. The number of halogens is 3. The van der Waals surface area contributed by atoms with Gasteiger partial charge in [-0.2, -0.15) is 22.7 Å². The van der Waals surface area contributed by atoms with E-state index in [-0.39, 0.29) is 18.0 Å². The van der Waals surface area contributed by atoms with Gasteiger partial charge in [0, 0.05) is 31.9 Å². The van der Waals surface area contributed by atoms with Crippen LogP contribution in [0.3, 0.4) is 0 Å². The molecule has 1 saturated heterocycles. The number of rotatable bonds is 3. The minimum atomic E-state index is -4.62. The third-order valence-corrected chi connectivity index (χ3v) is 6.69. The van der Waals surface area contributed by atoms with E-state index in [4.69, 9.17) is 0 Å². The van der Waals surface area contributed by atoms with Gasteiger partial charge in [-0.25, -0.2) is 8.42 Å². The first-order chi connectivity index (χ1) is 13.5. The summed E-state index contributed by atoms with van der Waals surface area (Å²) in [5.41, 5.74) is 1.47. The zero-order valence-electron chi connectivity index (χ0n) is 15.9. The van der Waals surface area contributed by atoms with Crippen LogP contribution in [-0.4, -0.2) is 43.9 Å². The lowest BCUT2D eigenvalue weighted by Gasteiger charge is -2.36. The standard InChI is InChI=1S/C19H19F3N4O2S/c1-13-10-18(17(12-23)14(2)24-13)25-6-8-26(9-7-25)29(27,28)16-5-3-4-15(11-16)19(20,21)22/h3-5,10-11H,6-9H2,1-2H3. The number of benzene rings is 1. The monoisotopic (exact) mass is 424 g/mol. The van der Waals surface area contributed by atoms with Gasteiger partial charge in [0.15, 0.2) is 0 Å². The Morgan fingerprint density at radius 1 is 1.10 bits per heavy atom. The molecule has 2 heterocycles. The highest BCUT2D eigenvalue weighted by atomic mass is 32.2. The van der Waals surface area contributed by atoms with E-state index >= 15 is 0 Å². The van der Waals surface area contributed by atoms with Crippen molar-refractivity contribution in [2.24, 2.45) is 0 Å². The summed E-state index contributed by atoms with van der Waals surface area (Å²) in [7, 11) is -4.05. The summed E-state index contributed by atoms with van der Waals surface area (Å²) < 4.78 is 65.6. The summed E-state index contributed by atoms with van der Waals surface area (Å²) in [5, 5.41) is 9.43. The number of hydrogen-bond donors (Lipinski definition) is 0. The molecular weight excluding hydrogens is 405 g/mol. The number of nitrogens with zero attached hydrogens (tertiary/aromatic N) is 4. The lowest BCUT2D eigenvalue weighted by molar-refractivity contribution is -0.137. The number of piperazine rings is 1. The summed E-state index contributed by atoms with van der Waals surface area (Å²) in [4.78, 5) is 5.80. The number of pyridine rings is 1. The Balaban J connectivity index is 1.82. The second-order valence-electron chi connectivity index (χ2n) is 6.77. The number of aryl methyl sites for hydroxylation is 2. The Labute approximate surface area is 167 Å². The molecule has 0 radical (unpaired) electrons. The first kappa shape index (κ1) is 21.1. The van der Waals surface area contributed by atoms with Gasteiger partial charge in [-0.05, 0) is 38.1 Å². The van der Waals surface area contributed by atoms with Gasteiger partial charge in [0.25, 0.3) is 0 Å². The fraction of sp³-hybridized carbons (Fsp3) is 0.368. The van der Waals surface area contributed by atoms with Crippen molar-refractivity contribution in [2.75, 3.05) is 31.1 Å². The molecule has 0 unspecified atom stereocenters. The maximum absolute atomic E-state index is 12.9. The number of alkyl halides is 3. The lowest BCUT2D eigenvalue weighted by atomic mass is 10.1. The molecule has 1 fully saturated rings. The van der Waals surface area contributed by atoms with Crippen molar-refractivity contribution in [3.05, 3.63) is 52.8 Å². The van der Waals surface area contributed by atoms with Crippen molar-refractivity contribution >= 4 is 15.7 Å². The van der Waals surface area contributed by atoms with Crippen molar-refractivity contribution in [1.82, 2.24) is 9.29 Å². The zero-order chi connectivity index (χ0) is 21.4. The molecule has 0 saturated carbocycles. The Morgan fingerprint density at radius 2 is 1.76 bits per heavy atom. The minimum absolute atomic E-state index is 0.101. The van der Waals surface area contributed by atoms with Crippen LogP contribution < -0.4 is 4.90 Å². The number of aromatic nitrogens is 1. The van der Waals surface area contributed by atoms with E-state index in [1.807, 2.05) is 11.8 Å². The van der Waals surface area contributed by atoms with Crippen LogP contribution in [0.2, 0.25) is 0 Å². The molecule has 0 amide bonds. The van der Waals surface area contributed by atoms with Gasteiger partial charge < -0.3 is 4.90 Å². The number of sulfonamides is 1. The van der Waals surface area contributed by atoms with Crippen molar-refractivity contribution in [3.63, 3.8) is 0 Å². The predicted octanol–water partition coefficient (Wildman–Crippen LogP) is 3.10. The number of nitriles is 1. The van der Waals surface area contributed by atoms with E-state index in [0.29, 0.717) is 36.1 Å². The highest BCUT2D eigenvalue weighted by molar-refractivity contribution is 7.89. The molecule has 1 aromatic heterocycles. The van der Waals surface area contributed by atoms with Crippen molar-refractivity contribution in [3.8, 4) is 6.07 Å². The van der Waals surface area contributed by atoms with Crippen molar-refractivity contribution in [2.45, 2.75) is 24.9 Å². The number of anilines is 1. The van der Waals surface area contributed by atoms with Crippen LogP contribution in [0.5, 0.6) is 0 Å². The van der Waals surface area contributed by atoms with E-state index < -0.39 is 21.8 Å². The van der Waals surface area contributed by atoms with Gasteiger partial charge in [-0.15, -0.1) is 0 Å². The smallest absolute Gasteiger partial charge is 0.368 e. The fourth-order valence-corrected chi connectivity index (χ4v) is 4.82. The maximum atomic E-state index is 12.9. The second kappa shape index (κ2) is 7.65. The summed E-state index contributed by atoms with van der Waals surface area (Å²) in [6, 6.07) is 7.67. The zero-order valence-corrected chi connectivity index (χ0v) is 16.7. The maximum Gasteiger partial charge on any atom is 0.416 e. The van der Waals surface area contributed by atoms with Gasteiger partial charge in [0.05, 0.1) is 27.4 Å². The minimum Gasteiger partial charge on any atom is -0.368 e. The van der Waals surface area contributed by atoms with Crippen LogP contribution >= 0.6 is 0 Å². The van der Waals surface area contributed by atoms with E-state index in [9.17, 15) is 26.9 Å². The molecular formula is C19H19F3N4O2S. The predicted molar refractivity (Wildman–Crippen MR) is 101 cm³/mol. The molecule has 1 aliphatic heterocycles. The quantitative estimate of drug-likeness (QED) is 0.757. The van der Waals surface area contributed by atoms with Gasteiger partial charge in [0.1, 0.15) is 6.07 Å². The van der Waals surface area contributed by atoms with Crippen LogP contribution in [0.25, 0.3) is 0 Å². The average Bonchev–Trinajstić information content (AvgIpc) is 2.67. The molecule has 29 heavy (non-hydrogen) atoms. The molecule has 2 aromatic rings. The summed E-state index contributed by atoms with van der Waals surface area (Å²) in [6.45, 7) is 4.38. The van der Waals surface area contributed by atoms with Gasteiger partial charge in [-0.3, -0.25) is 4.98 Å². The summed E-state index contributed by atoms with van der Waals surface area (Å²) >= 11 is 0. The topological polar surface area (TPSA) is 77.3 Å². The molecule has 0 bridgehead atoms. The third kappa shape index (κ3) is 4.21.